The molecular formula is C28H42N6O8S. The molecule has 2 rings (SSSR count). The molecule has 5 unspecified atom stereocenters. The molecule has 0 aliphatic carbocycles. The van der Waals surface area contributed by atoms with Gasteiger partial charge in [0.15, 0.2) is 0 Å². The number of β-amino-alcohol motifs (C(OH)–C–C–N with tert-alkyl or cyclic N) is 1. The average Bonchev–Trinajstić information content (AvgIpc) is 3.41. The summed E-state index contributed by atoms with van der Waals surface area (Å²) >= 11 is 1.45. The van der Waals surface area contributed by atoms with Crippen LogP contribution in [0.3, 0.4) is 0 Å². The molecule has 0 saturated carbocycles. The number of rotatable bonds is 17. The summed E-state index contributed by atoms with van der Waals surface area (Å²) in [6.45, 7) is 2.83. The third kappa shape index (κ3) is 12.6. The topological polar surface area (TPSA) is 215 Å². The third-order valence-corrected chi connectivity index (χ3v) is 7.34. The van der Waals surface area contributed by atoms with Crippen molar-refractivity contribution >= 4 is 47.3 Å². The SMILES string of the molecule is CSCCC(NC(=O)C(NC(=O)CNC(=O)C1CC(O)CN1)C(C)C)C(=O)NCC(=O)NC(Cc1ccccc1)C(=O)O. The Morgan fingerprint density at radius 1 is 0.930 bits per heavy atom. The molecule has 1 fully saturated rings. The lowest BCUT2D eigenvalue weighted by Crippen LogP contribution is -2.57. The molecule has 14 nitrogen and oxygen atoms in total. The van der Waals surface area contributed by atoms with Crippen LogP contribution in [0.4, 0.5) is 0 Å². The first-order valence-electron chi connectivity index (χ1n) is 14.0. The van der Waals surface area contributed by atoms with E-state index in [9.17, 15) is 39.0 Å². The van der Waals surface area contributed by atoms with Crippen molar-refractivity contribution in [3.05, 3.63) is 35.9 Å². The van der Waals surface area contributed by atoms with Crippen LogP contribution in [0.1, 0.15) is 32.3 Å². The van der Waals surface area contributed by atoms with Crippen LogP contribution >= 0.6 is 11.8 Å². The zero-order chi connectivity index (χ0) is 31.9. The van der Waals surface area contributed by atoms with Crippen molar-refractivity contribution in [2.75, 3.05) is 31.6 Å². The van der Waals surface area contributed by atoms with Gasteiger partial charge in [-0.05, 0) is 36.3 Å². The second kappa shape index (κ2) is 18.1. The Morgan fingerprint density at radius 2 is 1.58 bits per heavy atom. The van der Waals surface area contributed by atoms with Gasteiger partial charge in [0.1, 0.15) is 18.1 Å². The Hall–Kier alpha value is -3.69. The number of carbonyl (C=O) groups excluding carboxylic acids is 5. The van der Waals surface area contributed by atoms with Crippen molar-refractivity contribution in [3.63, 3.8) is 0 Å². The maximum atomic E-state index is 13.1. The third-order valence-electron chi connectivity index (χ3n) is 6.70. The predicted molar refractivity (Wildman–Crippen MR) is 160 cm³/mol. The number of aliphatic hydroxyl groups is 1. The monoisotopic (exact) mass is 622 g/mol. The Morgan fingerprint density at radius 3 is 2.16 bits per heavy atom. The molecule has 238 valence electrons. The van der Waals surface area contributed by atoms with Gasteiger partial charge in [0.05, 0.1) is 25.2 Å². The molecule has 1 aromatic rings. The lowest BCUT2D eigenvalue weighted by atomic mass is 10.0. The highest BCUT2D eigenvalue weighted by atomic mass is 32.2. The van der Waals surface area contributed by atoms with Crippen LogP contribution in [-0.4, -0.2) is 108 Å². The van der Waals surface area contributed by atoms with Gasteiger partial charge in [-0.3, -0.25) is 24.0 Å². The van der Waals surface area contributed by atoms with Crippen LogP contribution in [0.15, 0.2) is 30.3 Å². The maximum Gasteiger partial charge on any atom is 0.326 e. The highest BCUT2D eigenvalue weighted by Gasteiger charge is 2.31. The van der Waals surface area contributed by atoms with Crippen LogP contribution in [0.2, 0.25) is 0 Å². The van der Waals surface area contributed by atoms with Crippen molar-refractivity contribution in [3.8, 4) is 0 Å². The van der Waals surface area contributed by atoms with E-state index in [2.05, 4.69) is 31.9 Å². The Balaban J connectivity index is 1.92. The second-order valence-corrected chi connectivity index (χ2v) is 11.6. The van der Waals surface area contributed by atoms with E-state index in [1.165, 1.54) is 11.8 Å². The lowest BCUT2D eigenvalue weighted by Gasteiger charge is -2.25. The summed E-state index contributed by atoms with van der Waals surface area (Å²) in [7, 11) is 0. The largest absolute Gasteiger partial charge is 0.480 e. The highest BCUT2D eigenvalue weighted by Crippen LogP contribution is 2.08. The molecule has 5 atom stereocenters. The molecule has 8 N–H and O–H groups in total. The number of aliphatic hydroxyl groups excluding tert-OH is 1. The molecule has 0 radical (unpaired) electrons. The van der Waals surface area contributed by atoms with E-state index < -0.39 is 72.3 Å². The van der Waals surface area contributed by atoms with E-state index >= 15 is 0 Å². The lowest BCUT2D eigenvalue weighted by molar-refractivity contribution is -0.141. The van der Waals surface area contributed by atoms with E-state index in [0.29, 0.717) is 5.75 Å². The van der Waals surface area contributed by atoms with Crippen molar-refractivity contribution < 1.29 is 39.0 Å². The minimum Gasteiger partial charge on any atom is -0.480 e. The normalized spacial score (nSPS) is 18.2. The smallest absolute Gasteiger partial charge is 0.326 e. The fraction of sp³-hybridized carbons (Fsp3) is 0.571. The number of hydrogen-bond donors (Lipinski definition) is 8. The summed E-state index contributed by atoms with van der Waals surface area (Å²) in [5.74, 6) is -4.08. The van der Waals surface area contributed by atoms with E-state index in [0.717, 1.165) is 5.56 Å². The van der Waals surface area contributed by atoms with Crippen molar-refractivity contribution in [1.82, 2.24) is 31.9 Å². The van der Waals surface area contributed by atoms with Crippen LogP contribution in [0.5, 0.6) is 0 Å². The van der Waals surface area contributed by atoms with Crippen molar-refractivity contribution in [2.45, 2.75) is 63.4 Å². The average molecular weight is 623 g/mol. The van der Waals surface area contributed by atoms with Crippen LogP contribution in [0.25, 0.3) is 0 Å². The standard InChI is InChI=1S/C28H42N6O8S/c1-16(2)24(34-23(37)15-31-26(39)20-12-18(35)13-29-20)27(40)33-19(9-10-43-3)25(38)30-14-22(36)32-21(28(41)42)11-17-7-5-4-6-8-17/h4-8,16,18-21,24,29,35H,9-15H2,1-3H3,(H,30,38)(H,31,39)(H,32,36)(H,33,40)(H,34,37)(H,41,42). The number of carboxylic acid groups (broad SMARTS) is 1. The van der Waals surface area contributed by atoms with E-state index in [-0.39, 0.29) is 38.3 Å². The maximum absolute atomic E-state index is 13.1. The second-order valence-electron chi connectivity index (χ2n) is 10.6. The van der Waals surface area contributed by atoms with Gasteiger partial charge < -0.3 is 42.1 Å². The van der Waals surface area contributed by atoms with Crippen molar-refractivity contribution in [2.24, 2.45) is 5.92 Å². The van der Waals surface area contributed by atoms with Crippen molar-refractivity contribution in [1.29, 1.82) is 0 Å². The molecule has 1 aliphatic heterocycles. The van der Waals surface area contributed by atoms with Gasteiger partial charge in [-0.1, -0.05) is 44.2 Å². The summed E-state index contributed by atoms with van der Waals surface area (Å²) in [5.41, 5.74) is 0.721. The van der Waals surface area contributed by atoms with Gasteiger partial charge in [-0.15, -0.1) is 0 Å². The Labute approximate surface area is 254 Å². The summed E-state index contributed by atoms with van der Waals surface area (Å²) in [6.07, 6.45) is 1.73. The minimum atomic E-state index is -1.22. The highest BCUT2D eigenvalue weighted by molar-refractivity contribution is 7.98. The molecule has 5 amide bonds. The molecule has 1 saturated heterocycles. The van der Waals surface area contributed by atoms with Gasteiger partial charge in [-0.2, -0.15) is 11.8 Å². The molecule has 1 heterocycles. The van der Waals surface area contributed by atoms with Gasteiger partial charge in [0.2, 0.25) is 29.5 Å². The van der Waals surface area contributed by atoms with Gasteiger partial charge in [0.25, 0.3) is 0 Å². The van der Waals surface area contributed by atoms with E-state index in [4.69, 9.17) is 0 Å². The molecule has 43 heavy (non-hydrogen) atoms. The number of carboxylic acids is 1. The predicted octanol–water partition coefficient (Wildman–Crippen LogP) is -1.87. The number of benzene rings is 1. The van der Waals surface area contributed by atoms with Crippen LogP contribution in [-0.2, 0) is 35.2 Å². The zero-order valence-corrected chi connectivity index (χ0v) is 25.4. The van der Waals surface area contributed by atoms with Gasteiger partial charge in [0, 0.05) is 13.0 Å². The Kier molecular flexibility index (Phi) is 14.9. The van der Waals surface area contributed by atoms with Crippen LogP contribution in [0, 0.1) is 5.92 Å². The fourth-order valence-electron chi connectivity index (χ4n) is 4.32. The van der Waals surface area contributed by atoms with E-state index in [1.54, 1.807) is 44.2 Å². The fourth-order valence-corrected chi connectivity index (χ4v) is 4.79. The summed E-state index contributed by atoms with van der Waals surface area (Å²) in [5, 5.41) is 34.5. The zero-order valence-electron chi connectivity index (χ0n) is 24.6. The Bertz CT molecular complexity index is 1120. The number of nitrogens with one attached hydrogen (secondary N) is 6. The van der Waals surface area contributed by atoms with Gasteiger partial charge in [-0.25, -0.2) is 4.79 Å². The summed E-state index contributed by atoms with van der Waals surface area (Å²) in [4.78, 5) is 74.9. The molecule has 0 aromatic heterocycles. The molecule has 1 aliphatic rings. The first-order valence-corrected chi connectivity index (χ1v) is 15.4. The number of hydrogen-bond acceptors (Lipinski definition) is 9. The molecule has 0 spiro atoms. The van der Waals surface area contributed by atoms with E-state index in [1.807, 2.05) is 6.26 Å². The molecule has 15 heteroatoms. The number of aliphatic carboxylic acids is 1. The minimum absolute atomic E-state index is 0.0643. The number of carbonyl (C=O) groups is 6. The first kappa shape index (κ1) is 35.5. The van der Waals surface area contributed by atoms with Crippen LogP contribution < -0.4 is 31.9 Å². The molecule has 1 aromatic carbocycles. The molecule has 0 bridgehead atoms. The van der Waals surface area contributed by atoms with Gasteiger partial charge >= 0.3 is 5.97 Å². The molecular weight excluding hydrogens is 580 g/mol. The number of amides is 5. The summed E-state index contributed by atoms with van der Waals surface area (Å²) < 4.78 is 0. The summed E-state index contributed by atoms with van der Waals surface area (Å²) in [6, 6.07) is 4.95. The first-order chi connectivity index (χ1) is 20.4. The quantitative estimate of drug-likeness (QED) is 0.0969. The number of thioether (sulfide) groups is 1.